The second kappa shape index (κ2) is 4.24. The summed E-state index contributed by atoms with van der Waals surface area (Å²) in [6, 6.07) is 0. The van der Waals surface area contributed by atoms with E-state index in [0.29, 0.717) is 0 Å². The Hall–Kier alpha value is -1.66. The number of rotatable bonds is 2. The van der Waals surface area contributed by atoms with Gasteiger partial charge >= 0.3 is 11.7 Å². The summed E-state index contributed by atoms with van der Waals surface area (Å²) in [6.45, 7) is 1.60. The normalized spacial score (nSPS) is 7.20. The van der Waals surface area contributed by atoms with Gasteiger partial charge in [-0.15, -0.1) is 5.26 Å². The van der Waals surface area contributed by atoms with E-state index in [1.165, 1.54) is 6.26 Å². The van der Waals surface area contributed by atoms with Crippen LogP contribution >= 0.6 is 0 Å². The maximum absolute atomic E-state index is 10.5. The lowest BCUT2D eigenvalue weighted by molar-refractivity contribution is -0.134. The molecule has 5 nitrogen and oxygen atoms in total. The lowest BCUT2D eigenvalue weighted by Crippen LogP contribution is -2.15. The Morgan fingerprint density at radius 3 is 2.80 bits per heavy atom. The molecule has 0 bridgehead atoms. The van der Waals surface area contributed by atoms with Crippen LogP contribution < -0.4 is 0 Å². The first kappa shape index (κ1) is 8.34. The molecule has 0 fully saturated rings. The molecule has 0 saturated carbocycles. The van der Waals surface area contributed by atoms with Gasteiger partial charge in [0, 0.05) is 0 Å². The monoisotopic (exact) mass is 139 g/mol. The third-order valence-electron chi connectivity index (χ3n) is 0.830. The van der Waals surface area contributed by atoms with Crippen LogP contribution in [0, 0.1) is 11.5 Å². The van der Waals surface area contributed by atoms with Crippen LogP contribution in [0.1, 0.15) is 13.3 Å². The van der Waals surface area contributed by atoms with Gasteiger partial charge < -0.3 is 10.3 Å². The summed E-state index contributed by atoms with van der Waals surface area (Å²) >= 11 is 0. The van der Waals surface area contributed by atoms with E-state index in [9.17, 15) is 4.79 Å². The standard InChI is InChI=1S/C5H5N3O2/c1-2-4(8-7)5(9)10-3-6/h2H2,1H3. The lowest BCUT2D eigenvalue weighted by Gasteiger charge is -1.83. The highest BCUT2D eigenvalue weighted by molar-refractivity contribution is 6.33. The summed E-state index contributed by atoms with van der Waals surface area (Å²) in [5.74, 6) is -0.910. The van der Waals surface area contributed by atoms with Crippen LogP contribution in [0.15, 0.2) is 0 Å². The zero-order valence-corrected chi connectivity index (χ0v) is 5.37. The number of nitrogens with zero attached hydrogens (tertiary/aromatic N) is 3. The van der Waals surface area contributed by atoms with E-state index < -0.39 is 5.97 Å². The van der Waals surface area contributed by atoms with Crippen molar-refractivity contribution in [2.24, 2.45) is 0 Å². The third kappa shape index (κ3) is 2.07. The molecule has 0 aromatic rings. The number of hydrogen-bond donors (Lipinski definition) is 0. The Morgan fingerprint density at radius 1 is 1.90 bits per heavy atom. The summed E-state index contributed by atoms with van der Waals surface area (Å²) in [5.41, 5.74) is 7.94. The van der Waals surface area contributed by atoms with Crippen LogP contribution in [-0.2, 0) is 9.53 Å². The Kier molecular flexibility index (Phi) is 3.54. The highest BCUT2D eigenvalue weighted by Gasteiger charge is 2.18. The molecule has 5 heteroatoms. The summed E-state index contributed by atoms with van der Waals surface area (Å²) in [6.07, 6.45) is 1.41. The van der Waals surface area contributed by atoms with Crippen molar-refractivity contribution < 1.29 is 14.3 Å². The van der Waals surface area contributed by atoms with Gasteiger partial charge in [0.2, 0.25) is 0 Å². The summed E-state index contributed by atoms with van der Waals surface area (Å²) < 4.78 is 3.86. The highest BCUT2D eigenvalue weighted by atomic mass is 16.5. The van der Waals surface area contributed by atoms with Crippen molar-refractivity contribution in [1.29, 1.82) is 5.26 Å². The van der Waals surface area contributed by atoms with E-state index in [2.05, 4.69) is 9.53 Å². The maximum Gasteiger partial charge on any atom is 0.432 e. The second-order valence-electron chi connectivity index (χ2n) is 1.38. The Balaban J connectivity index is 4.22. The zero-order chi connectivity index (χ0) is 7.98. The van der Waals surface area contributed by atoms with Gasteiger partial charge in [0.1, 0.15) is 0 Å². The van der Waals surface area contributed by atoms with Crippen LogP contribution in [0.2, 0.25) is 0 Å². The van der Waals surface area contributed by atoms with E-state index in [1.54, 1.807) is 6.92 Å². The van der Waals surface area contributed by atoms with E-state index in [0.717, 1.165) is 0 Å². The van der Waals surface area contributed by atoms with Gasteiger partial charge in [-0.3, -0.25) is 0 Å². The van der Waals surface area contributed by atoms with Gasteiger partial charge in [0.05, 0.1) is 6.42 Å². The molecule has 0 aliphatic carbocycles. The molecule has 0 saturated heterocycles. The molecule has 0 amide bonds. The van der Waals surface area contributed by atoms with Crippen LogP contribution in [0.5, 0.6) is 0 Å². The third-order valence-corrected chi connectivity index (χ3v) is 0.830. The van der Waals surface area contributed by atoms with Crippen molar-refractivity contribution in [2.75, 3.05) is 0 Å². The molecule has 0 aliphatic heterocycles. The molecule has 0 aliphatic rings. The topological polar surface area (TPSA) is 86.5 Å². The van der Waals surface area contributed by atoms with E-state index in [1.807, 2.05) is 0 Å². The second-order valence-corrected chi connectivity index (χ2v) is 1.38. The van der Waals surface area contributed by atoms with Crippen molar-refractivity contribution >= 4 is 11.7 Å². The van der Waals surface area contributed by atoms with Crippen molar-refractivity contribution in [2.45, 2.75) is 13.3 Å². The number of carbonyl (C=O) groups is 1. The zero-order valence-electron chi connectivity index (χ0n) is 5.37. The quantitative estimate of drug-likeness (QED) is 0.178. The van der Waals surface area contributed by atoms with Gasteiger partial charge in [0.15, 0.2) is 0 Å². The summed E-state index contributed by atoms with van der Waals surface area (Å²) in [7, 11) is 0. The smallest absolute Gasteiger partial charge is 0.361 e. The molecule has 0 spiro atoms. The van der Waals surface area contributed by atoms with Crippen LogP contribution in [0.4, 0.5) is 0 Å². The minimum absolute atomic E-state index is 0.165. The van der Waals surface area contributed by atoms with E-state index in [4.69, 9.17) is 10.8 Å². The molecule has 0 N–H and O–H groups in total. The molecule has 0 rings (SSSR count). The molecule has 0 radical (unpaired) electrons. The van der Waals surface area contributed by atoms with Crippen LogP contribution in [0.25, 0.3) is 5.53 Å². The average molecular weight is 139 g/mol. The average Bonchev–Trinajstić information content (AvgIpc) is 1.91. The SMILES string of the molecule is CCC(=[N+]=[N-])C(=O)OC#N. The van der Waals surface area contributed by atoms with E-state index >= 15 is 0 Å². The lowest BCUT2D eigenvalue weighted by atomic mass is 10.3. The van der Waals surface area contributed by atoms with Gasteiger partial charge in [-0.2, -0.15) is 4.79 Å². The van der Waals surface area contributed by atoms with Crippen molar-refractivity contribution in [3.05, 3.63) is 5.53 Å². The molecule has 0 aromatic heterocycles. The fourth-order valence-corrected chi connectivity index (χ4v) is 0.356. The summed E-state index contributed by atoms with van der Waals surface area (Å²) in [5, 5.41) is 7.85. The minimum Gasteiger partial charge on any atom is -0.361 e. The van der Waals surface area contributed by atoms with Crippen molar-refractivity contribution in [3.63, 3.8) is 0 Å². The predicted octanol–water partition coefficient (Wildman–Crippen LogP) is 0.0915. The number of hydrogen-bond acceptors (Lipinski definition) is 3. The first-order valence-corrected chi connectivity index (χ1v) is 2.57. The first-order valence-electron chi connectivity index (χ1n) is 2.57. The molecule has 0 unspecified atom stereocenters. The number of carbonyl (C=O) groups excluding carboxylic acids is 1. The van der Waals surface area contributed by atoms with Gasteiger partial charge in [0.25, 0.3) is 6.26 Å². The Labute approximate surface area is 57.4 Å². The molecule has 0 heterocycles. The highest BCUT2D eigenvalue weighted by Crippen LogP contribution is 1.84. The maximum atomic E-state index is 10.5. The van der Waals surface area contributed by atoms with Crippen molar-refractivity contribution in [3.8, 4) is 6.26 Å². The number of ether oxygens (including phenoxy) is 1. The van der Waals surface area contributed by atoms with Gasteiger partial charge in [-0.05, 0) is 0 Å². The molecule has 0 aromatic carbocycles. The molecule has 10 heavy (non-hydrogen) atoms. The first-order chi connectivity index (χ1) is 4.76. The van der Waals surface area contributed by atoms with Gasteiger partial charge in [-0.25, -0.2) is 4.79 Å². The fraction of sp³-hybridized carbons (Fsp3) is 0.400. The van der Waals surface area contributed by atoms with Crippen molar-refractivity contribution in [1.82, 2.24) is 0 Å². The fourth-order valence-electron chi connectivity index (χ4n) is 0.356. The number of esters is 1. The Morgan fingerprint density at radius 2 is 2.50 bits per heavy atom. The van der Waals surface area contributed by atoms with Crippen LogP contribution in [-0.4, -0.2) is 16.5 Å². The molecular formula is C5H5N3O2. The molecular weight excluding hydrogens is 134 g/mol. The summed E-state index contributed by atoms with van der Waals surface area (Å²) in [4.78, 5) is 13.1. The minimum atomic E-state index is -0.910. The largest absolute Gasteiger partial charge is 0.432 e. The van der Waals surface area contributed by atoms with Crippen LogP contribution in [0.3, 0.4) is 0 Å². The molecule has 0 atom stereocenters. The van der Waals surface area contributed by atoms with E-state index in [-0.39, 0.29) is 12.1 Å². The predicted molar refractivity (Wildman–Crippen MR) is 30.6 cm³/mol. The van der Waals surface area contributed by atoms with Gasteiger partial charge in [-0.1, -0.05) is 6.92 Å². The Bertz CT molecular complexity index is 222. The number of nitriles is 1. The molecule has 52 valence electrons.